The number of unbranched alkanes of at least 4 members (excludes halogenated alkanes) is 8. The van der Waals surface area contributed by atoms with Gasteiger partial charge in [-0.2, -0.15) is 0 Å². The molecule has 0 aliphatic carbocycles. The first-order valence-corrected chi connectivity index (χ1v) is 18.7. The highest BCUT2D eigenvalue weighted by Crippen LogP contribution is 2.26. The van der Waals surface area contributed by atoms with E-state index in [1.54, 1.807) is 52.0 Å². The number of benzene rings is 1. The number of esters is 2. The van der Waals surface area contributed by atoms with Gasteiger partial charge in [0.05, 0.1) is 17.8 Å². The minimum Gasteiger partial charge on any atom is -0.481 e. The molecule has 13 nitrogen and oxygen atoms in total. The fourth-order valence-electron chi connectivity index (χ4n) is 5.30. The van der Waals surface area contributed by atoms with Gasteiger partial charge in [-0.25, -0.2) is 9.59 Å². The van der Waals surface area contributed by atoms with Crippen molar-refractivity contribution >= 4 is 35.6 Å². The molecule has 1 aromatic rings. The second-order valence-electron chi connectivity index (χ2n) is 14.2. The zero-order chi connectivity index (χ0) is 40.6. The van der Waals surface area contributed by atoms with Gasteiger partial charge in [0.2, 0.25) is 12.7 Å². The molecule has 0 unspecified atom stereocenters. The molecule has 3 atom stereocenters. The predicted molar refractivity (Wildman–Crippen MR) is 201 cm³/mol. The van der Waals surface area contributed by atoms with Crippen LogP contribution in [0.5, 0.6) is 5.75 Å². The highest BCUT2D eigenvalue weighted by atomic mass is 16.7. The molecule has 0 saturated carbocycles. The van der Waals surface area contributed by atoms with Crippen molar-refractivity contribution in [1.82, 2.24) is 5.32 Å². The molecule has 300 valence electrons. The smallest absolute Gasteiger partial charge is 0.337 e. The maximum atomic E-state index is 13.8. The summed E-state index contributed by atoms with van der Waals surface area (Å²) in [5.74, 6) is -2.12. The molecular formula is C41H59NO12. The van der Waals surface area contributed by atoms with Crippen LogP contribution in [0.25, 0.3) is 0 Å². The van der Waals surface area contributed by atoms with Crippen LogP contribution in [0.4, 0.5) is 0 Å². The van der Waals surface area contributed by atoms with E-state index in [1.807, 2.05) is 0 Å². The Morgan fingerprint density at radius 2 is 1.48 bits per heavy atom. The van der Waals surface area contributed by atoms with Crippen molar-refractivity contribution in [2.75, 3.05) is 13.4 Å². The third kappa shape index (κ3) is 18.9. The maximum Gasteiger partial charge on any atom is 0.337 e. The van der Waals surface area contributed by atoms with Crippen LogP contribution in [0.3, 0.4) is 0 Å². The molecule has 0 aliphatic heterocycles. The van der Waals surface area contributed by atoms with Crippen molar-refractivity contribution < 1.29 is 58.3 Å². The van der Waals surface area contributed by atoms with Crippen LogP contribution in [-0.2, 0) is 44.7 Å². The van der Waals surface area contributed by atoms with Crippen LogP contribution in [0.1, 0.15) is 124 Å². The van der Waals surface area contributed by atoms with E-state index < -0.39 is 66.0 Å². The Labute approximate surface area is 319 Å². The molecule has 1 rings (SSSR count). The minimum atomic E-state index is -3.07. The van der Waals surface area contributed by atoms with Crippen LogP contribution >= 0.6 is 0 Å². The number of Topliss-reactive ketones (excluding diaryl/α,β-unsaturated/α-hetero) is 1. The number of nitrogens with one attached hydrogen (secondary N) is 1. The summed E-state index contributed by atoms with van der Waals surface area (Å²) in [4.78, 5) is 75.3. The molecule has 0 radical (unpaired) electrons. The Morgan fingerprint density at radius 3 is 2.04 bits per heavy atom. The van der Waals surface area contributed by atoms with E-state index in [2.05, 4.69) is 24.1 Å². The van der Waals surface area contributed by atoms with E-state index in [4.69, 9.17) is 14.2 Å². The summed E-state index contributed by atoms with van der Waals surface area (Å²) in [5, 5.41) is 33.0. The highest BCUT2D eigenvalue weighted by molar-refractivity contribution is 5.95. The van der Waals surface area contributed by atoms with Gasteiger partial charge >= 0.3 is 23.9 Å². The van der Waals surface area contributed by atoms with Crippen LogP contribution in [0.15, 0.2) is 36.4 Å². The highest BCUT2D eigenvalue weighted by Gasteiger charge is 2.49. The SMILES string of the molecule is CC#CCOc1ccc(C[C@H](NC(=O)[C@@H](C=CCCCCCCC(=O)CCCCCCC)[C@@](O)(CC(=O)O)C(=O)O)C(=O)OCOC(=O)C(C)(C)C)cc1. The van der Waals surface area contributed by atoms with Gasteiger partial charge in [-0.1, -0.05) is 75.7 Å². The number of ketones is 1. The molecule has 0 fully saturated rings. The summed E-state index contributed by atoms with van der Waals surface area (Å²) in [5.41, 5.74) is -3.43. The van der Waals surface area contributed by atoms with Gasteiger partial charge in [-0.15, -0.1) is 5.92 Å². The fourth-order valence-corrected chi connectivity index (χ4v) is 5.30. The number of ether oxygens (including phenoxy) is 3. The summed E-state index contributed by atoms with van der Waals surface area (Å²) in [7, 11) is 0. The standard InChI is InChI=1S/C41H59NO12/c1-6-8-10-13-16-19-31(43)20-17-14-11-12-15-18-21-33(41(51,38(48)49)28-35(44)45)36(46)42-34(37(47)53-29-54-39(50)40(3,4)5)27-30-22-24-32(25-23-30)52-26-9-7-2/h18,21-25,33-34,51H,6,8,10-17,19-20,26-29H2,1-5H3,(H,42,46)(H,44,45)(H,48,49)/t33-,34+,41+/m1/s1. The maximum absolute atomic E-state index is 13.8. The predicted octanol–water partition coefficient (Wildman–Crippen LogP) is 5.94. The fraction of sp³-hybridized carbons (Fsp3) is 0.610. The number of aliphatic carboxylic acids is 2. The molecule has 54 heavy (non-hydrogen) atoms. The number of carboxylic acid groups (broad SMARTS) is 2. The average molecular weight is 758 g/mol. The number of hydrogen-bond acceptors (Lipinski definition) is 10. The van der Waals surface area contributed by atoms with Crippen molar-refractivity contribution in [3.05, 3.63) is 42.0 Å². The zero-order valence-electron chi connectivity index (χ0n) is 32.4. The number of hydrogen-bond donors (Lipinski definition) is 4. The zero-order valence-corrected chi connectivity index (χ0v) is 32.4. The third-order valence-electron chi connectivity index (χ3n) is 8.51. The number of amides is 1. The van der Waals surface area contributed by atoms with E-state index >= 15 is 0 Å². The Balaban J connectivity index is 3.11. The van der Waals surface area contributed by atoms with Crippen molar-refractivity contribution in [1.29, 1.82) is 0 Å². The molecule has 1 amide bonds. The quantitative estimate of drug-likeness (QED) is 0.0271. The Morgan fingerprint density at radius 1 is 0.870 bits per heavy atom. The topological polar surface area (TPSA) is 203 Å². The number of carbonyl (C=O) groups is 6. The van der Waals surface area contributed by atoms with Gasteiger partial charge in [-0.3, -0.25) is 19.2 Å². The Kier molecular flexibility index (Phi) is 22.2. The summed E-state index contributed by atoms with van der Waals surface area (Å²) < 4.78 is 15.7. The molecule has 1 aromatic carbocycles. The normalized spacial score (nSPS) is 13.4. The first kappa shape index (κ1) is 47.3. The Bertz CT molecular complexity index is 1450. The summed E-state index contributed by atoms with van der Waals surface area (Å²) in [6.07, 6.45) is 11.0. The van der Waals surface area contributed by atoms with Crippen molar-refractivity contribution in [2.45, 2.75) is 136 Å². The summed E-state index contributed by atoms with van der Waals surface area (Å²) in [6, 6.07) is 5.02. The number of allylic oxidation sites excluding steroid dienone is 1. The lowest BCUT2D eigenvalue weighted by atomic mass is 9.82. The van der Waals surface area contributed by atoms with Crippen molar-refractivity contribution in [3.63, 3.8) is 0 Å². The number of aliphatic hydroxyl groups is 1. The Hall–Kier alpha value is -4.70. The number of carboxylic acids is 2. The van der Waals surface area contributed by atoms with Crippen LogP contribution in [0.2, 0.25) is 0 Å². The van der Waals surface area contributed by atoms with E-state index in [0.29, 0.717) is 37.0 Å². The first-order valence-electron chi connectivity index (χ1n) is 18.7. The average Bonchev–Trinajstić information content (AvgIpc) is 3.10. The van der Waals surface area contributed by atoms with Gasteiger partial charge in [0.25, 0.3) is 0 Å². The van der Waals surface area contributed by atoms with Crippen LogP contribution < -0.4 is 10.1 Å². The lowest BCUT2D eigenvalue weighted by Crippen LogP contribution is -2.55. The van der Waals surface area contributed by atoms with Gasteiger partial charge in [0.1, 0.15) is 24.2 Å². The van der Waals surface area contributed by atoms with Crippen LogP contribution in [0, 0.1) is 23.2 Å². The summed E-state index contributed by atoms with van der Waals surface area (Å²) >= 11 is 0. The summed E-state index contributed by atoms with van der Waals surface area (Å²) in [6.45, 7) is 8.04. The van der Waals surface area contributed by atoms with Crippen molar-refractivity contribution in [3.8, 4) is 17.6 Å². The van der Waals surface area contributed by atoms with E-state index in [-0.39, 0.29) is 18.8 Å². The molecular weight excluding hydrogens is 698 g/mol. The van der Waals surface area contributed by atoms with Gasteiger partial charge in [0, 0.05) is 19.3 Å². The molecule has 0 bridgehead atoms. The first-order chi connectivity index (χ1) is 25.5. The van der Waals surface area contributed by atoms with Gasteiger partial charge in [-0.05, 0) is 71.1 Å². The third-order valence-corrected chi connectivity index (χ3v) is 8.51. The lowest BCUT2D eigenvalue weighted by Gasteiger charge is -2.30. The number of rotatable bonds is 27. The molecule has 0 aliphatic rings. The largest absolute Gasteiger partial charge is 0.481 e. The monoisotopic (exact) mass is 757 g/mol. The van der Waals surface area contributed by atoms with E-state index in [9.17, 15) is 44.1 Å². The van der Waals surface area contributed by atoms with E-state index in [0.717, 1.165) is 51.0 Å². The van der Waals surface area contributed by atoms with Crippen molar-refractivity contribution in [2.24, 2.45) is 11.3 Å². The number of carbonyl (C=O) groups excluding carboxylic acids is 4. The van der Waals surface area contributed by atoms with Gasteiger partial charge in [0.15, 0.2) is 5.60 Å². The molecule has 4 N–H and O–H groups in total. The molecule has 0 aromatic heterocycles. The molecule has 0 spiro atoms. The molecule has 13 heteroatoms. The van der Waals surface area contributed by atoms with E-state index in [1.165, 1.54) is 12.5 Å². The van der Waals surface area contributed by atoms with Crippen LogP contribution in [-0.4, -0.2) is 75.9 Å². The molecule has 0 saturated heterocycles. The second kappa shape index (κ2) is 25.3. The van der Waals surface area contributed by atoms with Gasteiger partial charge < -0.3 is 34.8 Å². The molecule has 0 heterocycles. The minimum absolute atomic E-state index is 0.159. The second-order valence-corrected chi connectivity index (χ2v) is 14.2. The lowest BCUT2D eigenvalue weighted by molar-refractivity contribution is -0.176.